The molecule has 0 fully saturated rings. The third-order valence-corrected chi connectivity index (χ3v) is 5.22. The van der Waals surface area contributed by atoms with Crippen molar-refractivity contribution in [1.29, 1.82) is 0 Å². The number of primary amides is 1. The molecule has 1 aliphatic carbocycles. The first kappa shape index (κ1) is 21.4. The maximum absolute atomic E-state index is 12.4. The van der Waals surface area contributed by atoms with Crippen molar-refractivity contribution in [3.05, 3.63) is 64.7 Å². The van der Waals surface area contributed by atoms with Crippen molar-refractivity contribution in [3.8, 4) is 11.5 Å². The fourth-order valence-corrected chi connectivity index (χ4v) is 3.60. The standard InChI is InChI=1S/C24H28N2O4/c1-16(19-10-9-18-5-3-4-6-20(18)14-19)26-24(28)12-8-17-7-11-21(22(13-17)29-2)30-15-23(25)27/h7-14,16H,3-6,15H2,1-2H3,(H2,25,27)(H,26,28). The molecule has 0 radical (unpaired) electrons. The number of nitrogens with one attached hydrogen (secondary N) is 1. The molecule has 0 heterocycles. The summed E-state index contributed by atoms with van der Waals surface area (Å²) >= 11 is 0. The number of benzene rings is 2. The Morgan fingerprint density at radius 3 is 2.60 bits per heavy atom. The molecule has 2 amide bonds. The zero-order valence-electron chi connectivity index (χ0n) is 17.4. The number of carbonyl (C=O) groups is 2. The van der Waals surface area contributed by atoms with Gasteiger partial charge in [-0.1, -0.05) is 24.3 Å². The number of fused-ring (bicyclic) bond motifs is 1. The van der Waals surface area contributed by atoms with Crippen molar-refractivity contribution in [2.24, 2.45) is 5.73 Å². The maximum atomic E-state index is 12.4. The van der Waals surface area contributed by atoms with E-state index < -0.39 is 5.91 Å². The average molecular weight is 408 g/mol. The first-order valence-corrected chi connectivity index (χ1v) is 10.2. The minimum absolute atomic E-state index is 0.0755. The van der Waals surface area contributed by atoms with Gasteiger partial charge in [0.25, 0.3) is 5.91 Å². The lowest BCUT2D eigenvalue weighted by molar-refractivity contribution is -0.120. The first-order chi connectivity index (χ1) is 14.5. The van der Waals surface area contributed by atoms with Crippen LogP contribution in [-0.2, 0) is 22.4 Å². The molecule has 3 N–H and O–H groups in total. The van der Waals surface area contributed by atoms with Crippen molar-refractivity contribution in [1.82, 2.24) is 5.32 Å². The Balaban J connectivity index is 1.62. The van der Waals surface area contributed by atoms with Crippen LogP contribution in [0, 0.1) is 0 Å². The second-order valence-electron chi connectivity index (χ2n) is 7.46. The van der Waals surface area contributed by atoms with Crippen LogP contribution in [0.25, 0.3) is 6.08 Å². The van der Waals surface area contributed by atoms with Crippen LogP contribution in [0.3, 0.4) is 0 Å². The van der Waals surface area contributed by atoms with Crippen LogP contribution in [0.2, 0.25) is 0 Å². The monoisotopic (exact) mass is 408 g/mol. The highest BCUT2D eigenvalue weighted by Gasteiger charge is 2.13. The summed E-state index contributed by atoms with van der Waals surface area (Å²) in [5.74, 6) is 0.138. The molecular weight excluding hydrogens is 380 g/mol. The van der Waals surface area contributed by atoms with Gasteiger partial charge in [-0.2, -0.15) is 0 Å². The molecule has 1 atom stereocenters. The average Bonchev–Trinajstić information content (AvgIpc) is 2.76. The summed E-state index contributed by atoms with van der Waals surface area (Å²) in [6.07, 6.45) is 7.95. The number of amides is 2. The predicted molar refractivity (Wildman–Crippen MR) is 116 cm³/mol. The van der Waals surface area contributed by atoms with Gasteiger partial charge in [0.1, 0.15) is 0 Å². The minimum atomic E-state index is -0.564. The van der Waals surface area contributed by atoms with E-state index >= 15 is 0 Å². The van der Waals surface area contributed by atoms with Gasteiger partial charge in [-0.05, 0) is 73.1 Å². The topological polar surface area (TPSA) is 90.7 Å². The molecular formula is C24H28N2O4. The predicted octanol–water partition coefficient (Wildman–Crippen LogP) is 3.33. The Morgan fingerprint density at radius 1 is 1.10 bits per heavy atom. The number of methoxy groups -OCH3 is 1. The van der Waals surface area contributed by atoms with Gasteiger partial charge in [0.2, 0.25) is 5.91 Å². The normalized spacial score (nSPS) is 14.1. The van der Waals surface area contributed by atoms with E-state index in [1.165, 1.54) is 37.2 Å². The van der Waals surface area contributed by atoms with E-state index in [0.29, 0.717) is 11.5 Å². The number of aryl methyl sites for hydroxylation is 2. The Labute approximate surface area is 177 Å². The molecule has 2 aromatic rings. The van der Waals surface area contributed by atoms with Gasteiger partial charge in [-0.15, -0.1) is 0 Å². The number of ether oxygens (including phenoxy) is 2. The fourth-order valence-electron chi connectivity index (χ4n) is 3.60. The van der Waals surface area contributed by atoms with Gasteiger partial charge in [-0.25, -0.2) is 0 Å². The first-order valence-electron chi connectivity index (χ1n) is 10.2. The van der Waals surface area contributed by atoms with E-state index in [4.69, 9.17) is 15.2 Å². The molecule has 1 aliphatic rings. The Bertz CT molecular complexity index is 952. The highest BCUT2D eigenvalue weighted by molar-refractivity contribution is 5.92. The molecule has 30 heavy (non-hydrogen) atoms. The number of hydrogen-bond donors (Lipinski definition) is 2. The molecule has 158 valence electrons. The van der Waals surface area contributed by atoms with Crippen molar-refractivity contribution in [2.45, 2.75) is 38.6 Å². The summed E-state index contributed by atoms with van der Waals surface area (Å²) in [6, 6.07) is 11.6. The van der Waals surface area contributed by atoms with E-state index in [1.54, 1.807) is 24.3 Å². The third-order valence-electron chi connectivity index (χ3n) is 5.22. The lowest BCUT2D eigenvalue weighted by atomic mass is 9.89. The fraction of sp³-hybridized carbons (Fsp3) is 0.333. The van der Waals surface area contributed by atoms with E-state index in [-0.39, 0.29) is 18.6 Å². The maximum Gasteiger partial charge on any atom is 0.255 e. The molecule has 0 spiro atoms. The smallest absolute Gasteiger partial charge is 0.255 e. The summed E-state index contributed by atoms with van der Waals surface area (Å²) in [4.78, 5) is 23.3. The van der Waals surface area contributed by atoms with Gasteiger partial charge in [0.15, 0.2) is 18.1 Å². The van der Waals surface area contributed by atoms with Crippen LogP contribution in [0.4, 0.5) is 0 Å². The summed E-state index contributed by atoms with van der Waals surface area (Å²) in [7, 11) is 1.51. The summed E-state index contributed by atoms with van der Waals surface area (Å²) < 4.78 is 10.6. The zero-order chi connectivity index (χ0) is 21.5. The number of carbonyl (C=O) groups excluding carboxylic acids is 2. The number of rotatable bonds is 8. The quantitative estimate of drug-likeness (QED) is 0.656. The minimum Gasteiger partial charge on any atom is -0.493 e. The van der Waals surface area contributed by atoms with Gasteiger partial charge in [0, 0.05) is 6.08 Å². The third kappa shape index (κ3) is 5.63. The van der Waals surface area contributed by atoms with E-state index in [2.05, 4.69) is 23.5 Å². The molecule has 0 bridgehead atoms. The summed E-state index contributed by atoms with van der Waals surface area (Å²) in [5.41, 5.74) is 9.83. The lowest BCUT2D eigenvalue weighted by Crippen LogP contribution is -2.24. The highest BCUT2D eigenvalue weighted by Crippen LogP contribution is 2.28. The van der Waals surface area contributed by atoms with Crippen LogP contribution in [0.5, 0.6) is 11.5 Å². The zero-order valence-corrected chi connectivity index (χ0v) is 17.4. The molecule has 0 saturated heterocycles. The molecule has 6 heteroatoms. The number of hydrogen-bond acceptors (Lipinski definition) is 4. The van der Waals surface area contributed by atoms with E-state index in [1.807, 2.05) is 6.92 Å². The highest BCUT2D eigenvalue weighted by atomic mass is 16.5. The Kier molecular flexibility index (Phi) is 7.12. The second kappa shape index (κ2) is 9.96. The van der Waals surface area contributed by atoms with Gasteiger partial charge in [-0.3, -0.25) is 9.59 Å². The van der Waals surface area contributed by atoms with Crippen LogP contribution < -0.4 is 20.5 Å². The molecule has 0 saturated carbocycles. The van der Waals surface area contributed by atoms with Crippen molar-refractivity contribution in [3.63, 3.8) is 0 Å². The summed E-state index contributed by atoms with van der Waals surface area (Å²) in [6.45, 7) is 1.76. The van der Waals surface area contributed by atoms with Gasteiger partial charge >= 0.3 is 0 Å². The molecule has 3 rings (SSSR count). The van der Waals surface area contributed by atoms with Crippen LogP contribution in [0.1, 0.15) is 48.1 Å². The van der Waals surface area contributed by atoms with Gasteiger partial charge in [0.05, 0.1) is 13.2 Å². The molecule has 1 unspecified atom stereocenters. The largest absolute Gasteiger partial charge is 0.493 e. The summed E-state index contributed by atoms with van der Waals surface area (Å²) in [5, 5.41) is 3.01. The van der Waals surface area contributed by atoms with Crippen LogP contribution >= 0.6 is 0 Å². The lowest BCUT2D eigenvalue weighted by Gasteiger charge is -2.19. The van der Waals surface area contributed by atoms with Crippen LogP contribution in [-0.4, -0.2) is 25.5 Å². The van der Waals surface area contributed by atoms with E-state index in [0.717, 1.165) is 24.0 Å². The Morgan fingerprint density at radius 2 is 1.87 bits per heavy atom. The molecule has 2 aromatic carbocycles. The van der Waals surface area contributed by atoms with Crippen molar-refractivity contribution >= 4 is 17.9 Å². The number of nitrogens with two attached hydrogens (primary N) is 1. The molecule has 6 nitrogen and oxygen atoms in total. The van der Waals surface area contributed by atoms with Crippen molar-refractivity contribution < 1.29 is 19.1 Å². The van der Waals surface area contributed by atoms with E-state index in [9.17, 15) is 9.59 Å². The van der Waals surface area contributed by atoms with Gasteiger partial charge < -0.3 is 20.5 Å². The SMILES string of the molecule is COc1cc(C=CC(=O)NC(C)c2ccc3c(c2)CCCC3)ccc1OCC(N)=O. The van der Waals surface area contributed by atoms with Crippen LogP contribution in [0.15, 0.2) is 42.5 Å². The second-order valence-corrected chi connectivity index (χ2v) is 7.46. The Hall–Kier alpha value is -3.28. The molecule has 0 aliphatic heterocycles. The van der Waals surface area contributed by atoms with Crippen molar-refractivity contribution in [2.75, 3.05) is 13.7 Å². The molecule has 0 aromatic heterocycles.